The Kier molecular flexibility index (Phi) is 7.71. The molecule has 0 amide bonds. The molecule has 0 saturated heterocycles. The number of ether oxygens (including phenoxy) is 1. The fourth-order valence-corrected chi connectivity index (χ4v) is 4.52. The number of benzene rings is 1. The van der Waals surface area contributed by atoms with E-state index in [-0.39, 0.29) is 4.90 Å². The molecule has 5 nitrogen and oxygen atoms in total. The standard InChI is InChI=1S/C18H28N2O3S/c1-6-7-8-9-10-16(12-19)20-24(21,22)18-13(2)11-17(23-5)14(3)15(18)4/h11,16,20H,6-10H2,1-5H3. The Labute approximate surface area is 146 Å². The van der Waals surface area contributed by atoms with E-state index in [1.807, 2.05) is 6.92 Å². The second kappa shape index (κ2) is 9.05. The van der Waals surface area contributed by atoms with Gasteiger partial charge in [0.15, 0.2) is 0 Å². The van der Waals surface area contributed by atoms with Crippen molar-refractivity contribution in [1.29, 1.82) is 5.26 Å². The fourth-order valence-electron chi connectivity index (χ4n) is 2.82. The number of unbranched alkanes of at least 4 members (excludes halogenated alkanes) is 3. The van der Waals surface area contributed by atoms with E-state index in [1.165, 1.54) is 0 Å². The van der Waals surface area contributed by atoms with Gasteiger partial charge in [0.05, 0.1) is 18.1 Å². The average Bonchev–Trinajstić information content (AvgIpc) is 2.53. The molecule has 0 heterocycles. The predicted molar refractivity (Wildman–Crippen MR) is 95.7 cm³/mol. The van der Waals surface area contributed by atoms with Gasteiger partial charge in [-0.05, 0) is 49.9 Å². The number of rotatable bonds is 9. The first kappa shape index (κ1) is 20.5. The van der Waals surface area contributed by atoms with E-state index in [9.17, 15) is 13.7 Å². The molecule has 1 unspecified atom stereocenters. The molecule has 24 heavy (non-hydrogen) atoms. The van der Waals surface area contributed by atoms with Gasteiger partial charge in [0.2, 0.25) is 10.0 Å². The van der Waals surface area contributed by atoms with Crippen LogP contribution in [0.25, 0.3) is 0 Å². The molecule has 0 spiro atoms. The lowest BCUT2D eigenvalue weighted by Crippen LogP contribution is -2.34. The lowest BCUT2D eigenvalue weighted by molar-refractivity contribution is 0.410. The van der Waals surface area contributed by atoms with Crippen molar-refractivity contribution in [2.45, 2.75) is 70.7 Å². The summed E-state index contributed by atoms with van der Waals surface area (Å²) in [6, 6.07) is 3.09. The molecule has 1 N–H and O–H groups in total. The number of nitrogens with zero attached hydrogens (tertiary/aromatic N) is 1. The van der Waals surface area contributed by atoms with Crippen molar-refractivity contribution in [1.82, 2.24) is 4.72 Å². The van der Waals surface area contributed by atoms with Crippen molar-refractivity contribution in [3.8, 4) is 11.8 Å². The first-order chi connectivity index (χ1) is 11.3. The lowest BCUT2D eigenvalue weighted by Gasteiger charge is -2.18. The first-order valence-corrected chi connectivity index (χ1v) is 9.83. The molecule has 0 radical (unpaired) electrons. The summed E-state index contributed by atoms with van der Waals surface area (Å²) < 4.78 is 33.4. The average molecular weight is 353 g/mol. The number of aryl methyl sites for hydroxylation is 1. The molecule has 1 aromatic rings. The van der Waals surface area contributed by atoms with Crippen LogP contribution in [0.5, 0.6) is 5.75 Å². The summed E-state index contributed by atoms with van der Waals surface area (Å²) in [5.41, 5.74) is 2.06. The number of hydrogen-bond acceptors (Lipinski definition) is 4. The molecule has 6 heteroatoms. The monoisotopic (exact) mass is 352 g/mol. The molecule has 134 valence electrons. The Morgan fingerprint density at radius 1 is 1.21 bits per heavy atom. The fraction of sp³-hybridized carbons (Fsp3) is 0.611. The van der Waals surface area contributed by atoms with E-state index in [0.717, 1.165) is 31.2 Å². The van der Waals surface area contributed by atoms with Gasteiger partial charge < -0.3 is 4.74 Å². The number of sulfonamides is 1. The zero-order valence-electron chi connectivity index (χ0n) is 15.3. The first-order valence-electron chi connectivity index (χ1n) is 8.35. The normalized spacial score (nSPS) is 12.7. The summed E-state index contributed by atoms with van der Waals surface area (Å²) in [4.78, 5) is 0.245. The highest BCUT2D eigenvalue weighted by Crippen LogP contribution is 2.30. The molecule has 0 saturated carbocycles. The van der Waals surface area contributed by atoms with Gasteiger partial charge in [0, 0.05) is 0 Å². The molecule has 0 aliphatic carbocycles. The highest BCUT2D eigenvalue weighted by atomic mass is 32.2. The van der Waals surface area contributed by atoms with E-state index in [1.54, 1.807) is 27.0 Å². The van der Waals surface area contributed by atoms with Gasteiger partial charge in [-0.1, -0.05) is 32.6 Å². The zero-order chi connectivity index (χ0) is 18.3. The molecule has 0 aliphatic rings. The molecule has 0 aliphatic heterocycles. The minimum absolute atomic E-state index is 0.245. The van der Waals surface area contributed by atoms with E-state index in [2.05, 4.69) is 17.7 Å². The van der Waals surface area contributed by atoms with Crippen molar-refractivity contribution in [2.24, 2.45) is 0 Å². The van der Waals surface area contributed by atoms with Crippen LogP contribution in [-0.2, 0) is 10.0 Å². The van der Waals surface area contributed by atoms with Gasteiger partial charge in [-0.3, -0.25) is 0 Å². The number of methoxy groups -OCH3 is 1. The number of nitrogens with one attached hydrogen (secondary N) is 1. The Balaban J connectivity index is 3.04. The third-order valence-electron chi connectivity index (χ3n) is 4.27. The summed E-state index contributed by atoms with van der Waals surface area (Å²) >= 11 is 0. The van der Waals surface area contributed by atoms with Gasteiger partial charge in [-0.2, -0.15) is 9.98 Å². The molecule has 0 bridgehead atoms. The van der Waals surface area contributed by atoms with E-state index < -0.39 is 16.1 Å². The van der Waals surface area contributed by atoms with Crippen molar-refractivity contribution >= 4 is 10.0 Å². The molecule has 0 fully saturated rings. The van der Waals surface area contributed by atoms with Crippen LogP contribution in [0.3, 0.4) is 0 Å². The lowest BCUT2D eigenvalue weighted by atomic mass is 10.1. The minimum atomic E-state index is -3.75. The minimum Gasteiger partial charge on any atom is -0.496 e. The Hall–Kier alpha value is -1.58. The second-order valence-electron chi connectivity index (χ2n) is 6.13. The highest BCUT2D eigenvalue weighted by molar-refractivity contribution is 7.89. The summed E-state index contributed by atoms with van der Waals surface area (Å²) in [6.45, 7) is 7.45. The highest BCUT2D eigenvalue weighted by Gasteiger charge is 2.25. The van der Waals surface area contributed by atoms with Gasteiger partial charge in [0.25, 0.3) is 0 Å². The topological polar surface area (TPSA) is 79.2 Å². The van der Waals surface area contributed by atoms with Crippen LogP contribution < -0.4 is 9.46 Å². The Bertz CT molecular complexity index is 706. The van der Waals surface area contributed by atoms with Crippen LogP contribution in [0, 0.1) is 32.1 Å². The van der Waals surface area contributed by atoms with Crippen LogP contribution in [-0.4, -0.2) is 21.6 Å². The largest absolute Gasteiger partial charge is 0.496 e. The van der Waals surface area contributed by atoms with Crippen molar-refractivity contribution in [3.05, 3.63) is 22.8 Å². The van der Waals surface area contributed by atoms with Crippen LogP contribution >= 0.6 is 0 Å². The Morgan fingerprint density at radius 2 is 1.88 bits per heavy atom. The van der Waals surface area contributed by atoms with Gasteiger partial charge >= 0.3 is 0 Å². The Morgan fingerprint density at radius 3 is 2.42 bits per heavy atom. The van der Waals surface area contributed by atoms with Crippen molar-refractivity contribution in [3.63, 3.8) is 0 Å². The maximum Gasteiger partial charge on any atom is 0.242 e. The zero-order valence-corrected chi connectivity index (χ0v) is 16.1. The molecular formula is C18H28N2O3S. The third-order valence-corrected chi connectivity index (χ3v) is 6.03. The third kappa shape index (κ3) is 4.96. The van der Waals surface area contributed by atoms with Crippen LogP contribution in [0.4, 0.5) is 0 Å². The van der Waals surface area contributed by atoms with E-state index in [0.29, 0.717) is 23.3 Å². The molecular weight excluding hydrogens is 324 g/mol. The van der Waals surface area contributed by atoms with E-state index >= 15 is 0 Å². The van der Waals surface area contributed by atoms with Crippen LogP contribution in [0.15, 0.2) is 11.0 Å². The molecule has 0 aromatic heterocycles. The maximum absolute atomic E-state index is 12.8. The van der Waals surface area contributed by atoms with Crippen LogP contribution in [0.1, 0.15) is 55.7 Å². The summed E-state index contributed by atoms with van der Waals surface area (Å²) in [5.74, 6) is 0.667. The maximum atomic E-state index is 12.8. The summed E-state index contributed by atoms with van der Waals surface area (Å²) in [6.07, 6.45) is 4.58. The van der Waals surface area contributed by atoms with Crippen molar-refractivity contribution in [2.75, 3.05) is 7.11 Å². The molecule has 1 aromatic carbocycles. The molecule has 1 atom stereocenters. The van der Waals surface area contributed by atoms with Crippen LogP contribution in [0.2, 0.25) is 0 Å². The van der Waals surface area contributed by atoms with E-state index in [4.69, 9.17) is 4.74 Å². The number of nitriles is 1. The van der Waals surface area contributed by atoms with Gasteiger partial charge in [0.1, 0.15) is 11.8 Å². The molecule has 1 rings (SSSR count). The SMILES string of the molecule is CCCCCCC(C#N)NS(=O)(=O)c1c(C)cc(OC)c(C)c1C. The van der Waals surface area contributed by atoms with Gasteiger partial charge in [-0.25, -0.2) is 8.42 Å². The number of hydrogen-bond donors (Lipinski definition) is 1. The smallest absolute Gasteiger partial charge is 0.242 e. The summed E-state index contributed by atoms with van der Waals surface area (Å²) in [7, 11) is -2.19. The van der Waals surface area contributed by atoms with Gasteiger partial charge in [-0.15, -0.1) is 0 Å². The summed E-state index contributed by atoms with van der Waals surface area (Å²) in [5, 5.41) is 9.27. The predicted octanol–water partition coefficient (Wildman–Crippen LogP) is 3.76. The second-order valence-corrected chi connectivity index (χ2v) is 7.78. The quantitative estimate of drug-likeness (QED) is 0.686. The van der Waals surface area contributed by atoms with Crippen molar-refractivity contribution < 1.29 is 13.2 Å².